The van der Waals surface area contributed by atoms with Crippen molar-refractivity contribution in [3.05, 3.63) is 29.8 Å². The number of carbonyl (C=O) groups excluding carboxylic acids is 1. The predicted molar refractivity (Wildman–Crippen MR) is 64.9 cm³/mol. The highest BCUT2D eigenvalue weighted by molar-refractivity contribution is 5.96. The first-order valence-corrected chi connectivity index (χ1v) is 5.44. The normalized spacial score (nSPS) is 11.9. The number of carboxylic acid groups (broad SMARTS) is 1. The zero-order valence-corrected chi connectivity index (χ0v) is 9.64. The molecular weight excluding hydrogens is 220 g/mol. The Morgan fingerprint density at radius 3 is 2.76 bits per heavy atom. The first-order chi connectivity index (χ1) is 8.04. The van der Waals surface area contributed by atoms with Crippen LogP contribution in [-0.2, 0) is 4.79 Å². The molecule has 1 rings (SSSR count). The molecule has 0 fully saturated rings. The van der Waals surface area contributed by atoms with Gasteiger partial charge >= 0.3 is 5.97 Å². The number of nitrogens with two attached hydrogens (primary N) is 1. The first kappa shape index (κ1) is 13.2. The molecule has 1 aromatic carbocycles. The van der Waals surface area contributed by atoms with Gasteiger partial charge in [0, 0.05) is 5.69 Å². The van der Waals surface area contributed by atoms with Crippen molar-refractivity contribution in [2.75, 3.05) is 5.32 Å². The maximum Gasteiger partial charge on any atom is 0.335 e. The standard InChI is InChI=1S/C12H16N2O3/c1-2-4-10(13)11(15)14-9-6-3-5-8(7-9)12(16)17/h3,5-7,10H,2,4,13H2,1H3,(H,14,15)(H,16,17). The van der Waals surface area contributed by atoms with Crippen LogP contribution >= 0.6 is 0 Å². The van der Waals surface area contributed by atoms with E-state index in [0.717, 1.165) is 6.42 Å². The van der Waals surface area contributed by atoms with Gasteiger partial charge in [-0.2, -0.15) is 0 Å². The number of nitrogens with one attached hydrogen (secondary N) is 1. The fourth-order valence-electron chi connectivity index (χ4n) is 1.41. The summed E-state index contributed by atoms with van der Waals surface area (Å²) in [6.45, 7) is 1.94. The molecule has 0 bridgehead atoms. The van der Waals surface area contributed by atoms with Gasteiger partial charge in [0.1, 0.15) is 0 Å². The number of carboxylic acids is 1. The van der Waals surface area contributed by atoms with Crippen LogP contribution in [0.15, 0.2) is 24.3 Å². The van der Waals surface area contributed by atoms with Gasteiger partial charge < -0.3 is 16.2 Å². The van der Waals surface area contributed by atoms with Gasteiger partial charge in [0.05, 0.1) is 11.6 Å². The molecule has 5 heteroatoms. The quantitative estimate of drug-likeness (QED) is 0.721. The van der Waals surface area contributed by atoms with E-state index in [1.165, 1.54) is 12.1 Å². The second-order valence-electron chi connectivity index (χ2n) is 3.77. The lowest BCUT2D eigenvalue weighted by Gasteiger charge is -2.11. The third kappa shape index (κ3) is 3.88. The van der Waals surface area contributed by atoms with Crippen LogP contribution in [-0.4, -0.2) is 23.0 Å². The second-order valence-corrected chi connectivity index (χ2v) is 3.77. The SMILES string of the molecule is CCCC(N)C(=O)Nc1cccc(C(=O)O)c1. The van der Waals surface area contributed by atoms with Crippen molar-refractivity contribution < 1.29 is 14.7 Å². The number of hydrogen-bond donors (Lipinski definition) is 3. The van der Waals surface area contributed by atoms with Crippen molar-refractivity contribution in [2.45, 2.75) is 25.8 Å². The number of amides is 1. The third-order valence-electron chi connectivity index (χ3n) is 2.31. The minimum atomic E-state index is -1.03. The molecule has 1 unspecified atom stereocenters. The van der Waals surface area contributed by atoms with Gasteiger partial charge in [-0.1, -0.05) is 19.4 Å². The summed E-state index contributed by atoms with van der Waals surface area (Å²) in [5.41, 5.74) is 6.22. The minimum absolute atomic E-state index is 0.131. The van der Waals surface area contributed by atoms with Gasteiger partial charge in [0.2, 0.25) is 5.91 Å². The van der Waals surface area contributed by atoms with Gasteiger partial charge in [0.15, 0.2) is 0 Å². The van der Waals surface area contributed by atoms with Gasteiger partial charge in [-0.3, -0.25) is 4.79 Å². The molecule has 0 heterocycles. The van der Waals surface area contributed by atoms with Crippen LogP contribution in [0, 0.1) is 0 Å². The number of rotatable bonds is 5. The highest BCUT2D eigenvalue weighted by Gasteiger charge is 2.12. The lowest BCUT2D eigenvalue weighted by atomic mass is 10.1. The monoisotopic (exact) mass is 236 g/mol. The van der Waals surface area contributed by atoms with Crippen LogP contribution in [0.2, 0.25) is 0 Å². The molecule has 5 nitrogen and oxygen atoms in total. The van der Waals surface area contributed by atoms with E-state index in [0.29, 0.717) is 12.1 Å². The van der Waals surface area contributed by atoms with E-state index >= 15 is 0 Å². The summed E-state index contributed by atoms with van der Waals surface area (Å²) in [5.74, 6) is -1.33. The highest BCUT2D eigenvalue weighted by atomic mass is 16.4. The van der Waals surface area contributed by atoms with Crippen molar-refractivity contribution >= 4 is 17.6 Å². The Morgan fingerprint density at radius 2 is 2.18 bits per heavy atom. The van der Waals surface area contributed by atoms with E-state index in [1.54, 1.807) is 12.1 Å². The number of aromatic carboxylic acids is 1. The smallest absolute Gasteiger partial charge is 0.335 e. The molecule has 0 aliphatic carbocycles. The summed E-state index contributed by atoms with van der Waals surface area (Å²) in [6, 6.07) is 5.50. The van der Waals surface area contributed by atoms with Crippen LogP contribution < -0.4 is 11.1 Å². The molecule has 0 aliphatic heterocycles. The average molecular weight is 236 g/mol. The molecule has 0 aromatic heterocycles. The van der Waals surface area contributed by atoms with Crippen LogP contribution in [0.1, 0.15) is 30.1 Å². The highest BCUT2D eigenvalue weighted by Crippen LogP contribution is 2.11. The molecule has 1 aromatic rings. The zero-order chi connectivity index (χ0) is 12.8. The number of benzene rings is 1. The van der Waals surface area contributed by atoms with Crippen molar-refractivity contribution in [3.8, 4) is 0 Å². The van der Waals surface area contributed by atoms with Gasteiger partial charge in [0.25, 0.3) is 0 Å². The molecule has 17 heavy (non-hydrogen) atoms. The van der Waals surface area contributed by atoms with E-state index in [4.69, 9.17) is 10.8 Å². The van der Waals surface area contributed by atoms with Crippen molar-refractivity contribution in [1.82, 2.24) is 0 Å². The fourth-order valence-corrected chi connectivity index (χ4v) is 1.41. The molecule has 0 saturated carbocycles. The number of carbonyl (C=O) groups is 2. The molecule has 0 radical (unpaired) electrons. The predicted octanol–water partition coefficient (Wildman–Crippen LogP) is 1.45. The fraction of sp³-hybridized carbons (Fsp3) is 0.333. The van der Waals surface area contributed by atoms with Gasteiger partial charge in [-0.05, 0) is 24.6 Å². The summed E-state index contributed by atoms with van der Waals surface area (Å²) in [5, 5.41) is 11.4. The Kier molecular flexibility index (Phi) is 4.66. The van der Waals surface area contributed by atoms with Crippen LogP contribution in [0.3, 0.4) is 0 Å². The molecule has 4 N–H and O–H groups in total. The van der Waals surface area contributed by atoms with Crippen LogP contribution in [0.25, 0.3) is 0 Å². The van der Waals surface area contributed by atoms with E-state index < -0.39 is 12.0 Å². The number of hydrogen-bond acceptors (Lipinski definition) is 3. The van der Waals surface area contributed by atoms with Crippen molar-refractivity contribution in [1.29, 1.82) is 0 Å². The molecule has 1 amide bonds. The Hall–Kier alpha value is -1.88. The third-order valence-corrected chi connectivity index (χ3v) is 2.31. The summed E-state index contributed by atoms with van der Waals surface area (Å²) in [7, 11) is 0. The molecule has 0 saturated heterocycles. The molecular formula is C12H16N2O3. The maximum atomic E-state index is 11.6. The number of anilines is 1. The molecule has 0 spiro atoms. The van der Waals surface area contributed by atoms with Crippen molar-refractivity contribution in [2.24, 2.45) is 5.73 Å². The molecule has 0 aliphatic rings. The van der Waals surface area contributed by atoms with Crippen LogP contribution in [0.4, 0.5) is 5.69 Å². The molecule has 1 atom stereocenters. The first-order valence-electron chi connectivity index (χ1n) is 5.44. The maximum absolute atomic E-state index is 11.6. The summed E-state index contributed by atoms with van der Waals surface area (Å²) in [4.78, 5) is 22.3. The lowest BCUT2D eigenvalue weighted by Crippen LogP contribution is -2.35. The second kappa shape index (κ2) is 6.00. The molecule has 92 valence electrons. The summed E-state index contributed by atoms with van der Waals surface area (Å²) >= 11 is 0. The van der Waals surface area contributed by atoms with E-state index in [-0.39, 0.29) is 11.5 Å². The zero-order valence-electron chi connectivity index (χ0n) is 9.64. The average Bonchev–Trinajstić information content (AvgIpc) is 2.29. The van der Waals surface area contributed by atoms with Gasteiger partial charge in [-0.25, -0.2) is 4.79 Å². The van der Waals surface area contributed by atoms with E-state index in [9.17, 15) is 9.59 Å². The van der Waals surface area contributed by atoms with Gasteiger partial charge in [-0.15, -0.1) is 0 Å². The Labute approximate surface area is 99.6 Å². The minimum Gasteiger partial charge on any atom is -0.478 e. The topological polar surface area (TPSA) is 92.4 Å². The van der Waals surface area contributed by atoms with Crippen molar-refractivity contribution in [3.63, 3.8) is 0 Å². The lowest BCUT2D eigenvalue weighted by molar-refractivity contribution is -0.117. The summed E-state index contributed by atoms with van der Waals surface area (Å²) in [6.07, 6.45) is 1.42. The largest absolute Gasteiger partial charge is 0.478 e. The van der Waals surface area contributed by atoms with Crippen LogP contribution in [0.5, 0.6) is 0 Å². The Bertz CT molecular complexity index is 418. The summed E-state index contributed by atoms with van der Waals surface area (Å²) < 4.78 is 0. The Balaban J connectivity index is 2.71. The van der Waals surface area contributed by atoms with E-state index in [1.807, 2.05) is 6.92 Å². The Morgan fingerprint density at radius 1 is 1.47 bits per heavy atom. The van der Waals surface area contributed by atoms with E-state index in [2.05, 4.69) is 5.32 Å².